The van der Waals surface area contributed by atoms with Crippen LogP contribution < -0.4 is 0 Å². The minimum absolute atomic E-state index is 1.49. The first-order valence-electron chi connectivity index (χ1n) is 9.01. The maximum absolute atomic E-state index is 13.6. The number of carboxylic acid groups (broad SMARTS) is 1. The number of aliphatic carboxylic acids is 1. The summed E-state index contributed by atoms with van der Waals surface area (Å²) in [4.78, 5) is 21.1. The van der Waals surface area contributed by atoms with Crippen LogP contribution in [0, 0.1) is 0 Å². The van der Waals surface area contributed by atoms with Crippen LogP contribution in [0.1, 0.15) is 0 Å². The fourth-order valence-electron chi connectivity index (χ4n) is 2.21. The number of carbonyl (C=O) groups is 2. The Hall–Kier alpha value is -3.07. The van der Waals surface area contributed by atoms with E-state index in [1.165, 1.54) is 4.74 Å². The molecule has 0 aliphatic rings. The van der Waals surface area contributed by atoms with Gasteiger partial charge in [-0.15, -0.1) is 0 Å². The molecular weight excluding hydrogens is 719 g/mol. The third kappa shape index (κ3) is 5.29. The lowest BCUT2D eigenvalue weighted by Gasteiger charge is -2.43. The zero-order valence-corrected chi connectivity index (χ0v) is 18.6. The Kier molecular flexibility index (Phi) is 9.76. The second-order valence-corrected chi connectivity index (χ2v) is 7.51. The lowest BCUT2D eigenvalue weighted by molar-refractivity contribution is -0.467. The molecule has 0 heterocycles. The molecule has 0 aromatic rings. The molecule has 0 spiro atoms. The molecule has 0 aromatic carbocycles. The fourth-order valence-corrected chi connectivity index (χ4v) is 2.21. The summed E-state index contributed by atoms with van der Waals surface area (Å²) in [6.07, 6.45) is -20.3. The van der Waals surface area contributed by atoms with E-state index in [1.807, 2.05) is 0 Å². The number of ether oxygens (including phenoxy) is 1. The minimum Gasteiger partial charge on any atom is -0.478 e. The van der Waals surface area contributed by atoms with E-state index in [1.54, 1.807) is 0 Å². The molecule has 29 heteroatoms. The second-order valence-electron chi connectivity index (χ2n) is 7.51. The third-order valence-corrected chi connectivity index (χ3v) is 4.68. The smallest absolute Gasteiger partial charge is 0.471 e. The standard InChI is InChI=1S/C15HF25O4/c16-2(17)1(3(41)42)5(18,19)15(39,40)44-4(43)6(20,21)7(22,23)8(24,25)9(26,27)10(28,29)11(30,31)12(32,33)13(34,35)14(36,37)38/h(H,41,42). The summed E-state index contributed by atoms with van der Waals surface area (Å²) in [5.74, 6) is -89.9. The molecule has 44 heavy (non-hydrogen) atoms. The highest BCUT2D eigenvalue weighted by atomic mass is 19.4. The van der Waals surface area contributed by atoms with Gasteiger partial charge in [0, 0.05) is 0 Å². The van der Waals surface area contributed by atoms with Crippen molar-refractivity contribution in [3.05, 3.63) is 11.7 Å². The Bertz CT molecular complexity index is 1160. The number of carbonyl (C=O) groups excluding carboxylic acids is 1. The highest BCUT2D eigenvalue weighted by molar-refractivity contribution is 5.89. The van der Waals surface area contributed by atoms with Crippen molar-refractivity contribution >= 4 is 11.9 Å². The first-order chi connectivity index (χ1) is 18.6. The molecular formula is C15HF25O4. The van der Waals surface area contributed by atoms with E-state index in [0.717, 1.165) is 0 Å². The van der Waals surface area contributed by atoms with Gasteiger partial charge in [0.15, 0.2) is 5.57 Å². The van der Waals surface area contributed by atoms with Crippen LogP contribution >= 0.6 is 0 Å². The van der Waals surface area contributed by atoms with Gasteiger partial charge in [0.05, 0.1) is 0 Å². The monoisotopic (exact) mass is 720 g/mol. The number of esters is 1. The highest BCUT2D eigenvalue weighted by Gasteiger charge is 2.97. The van der Waals surface area contributed by atoms with E-state index in [0.29, 0.717) is 0 Å². The van der Waals surface area contributed by atoms with Crippen molar-refractivity contribution in [2.75, 3.05) is 0 Å². The molecule has 0 saturated carbocycles. The van der Waals surface area contributed by atoms with Crippen LogP contribution in [0.15, 0.2) is 11.7 Å². The third-order valence-electron chi connectivity index (χ3n) is 4.68. The number of alkyl halides is 23. The maximum Gasteiger partial charge on any atom is 0.471 e. The molecule has 0 atom stereocenters. The van der Waals surface area contributed by atoms with Crippen LogP contribution in [0.2, 0.25) is 0 Å². The molecule has 0 amide bonds. The molecule has 0 bridgehead atoms. The van der Waals surface area contributed by atoms with E-state index >= 15 is 0 Å². The van der Waals surface area contributed by atoms with Crippen molar-refractivity contribution in [1.29, 1.82) is 0 Å². The van der Waals surface area contributed by atoms with Gasteiger partial charge < -0.3 is 9.84 Å². The van der Waals surface area contributed by atoms with Crippen molar-refractivity contribution in [2.45, 2.75) is 65.6 Å². The lowest BCUT2D eigenvalue weighted by Crippen LogP contribution is -2.76. The summed E-state index contributed by atoms with van der Waals surface area (Å²) >= 11 is 0. The normalized spacial score (nSPS) is 15.7. The molecule has 1 N–H and O–H groups in total. The summed E-state index contributed by atoms with van der Waals surface area (Å²) in [6.45, 7) is 0. The van der Waals surface area contributed by atoms with Crippen LogP contribution in [-0.4, -0.2) is 82.6 Å². The Morgan fingerprint density at radius 1 is 0.432 bits per heavy atom. The predicted octanol–water partition coefficient (Wildman–Crippen LogP) is 7.64. The van der Waals surface area contributed by atoms with Gasteiger partial charge in [-0.2, -0.15) is 110 Å². The Labute approximate surface area is 220 Å². The van der Waals surface area contributed by atoms with Crippen LogP contribution in [0.3, 0.4) is 0 Å². The van der Waals surface area contributed by atoms with Crippen LogP contribution in [0.25, 0.3) is 0 Å². The van der Waals surface area contributed by atoms with E-state index in [-0.39, 0.29) is 0 Å². The molecule has 0 unspecified atom stereocenters. The lowest BCUT2D eigenvalue weighted by atomic mass is 9.87. The molecule has 0 radical (unpaired) electrons. The quantitative estimate of drug-likeness (QED) is 0.128. The first-order valence-corrected chi connectivity index (χ1v) is 9.01. The zero-order valence-electron chi connectivity index (χ0n) is 18.6. The SMILES string of the molecule is O=C(O)C(=C(F)F)C(F)(F)C(F)(F)OC(=O)C(F)(F)C(F)(F)C(F)(F)C(F)(F)C(F)(F)C(F)(F)C(F)(F)C(F)(F)C(F)(F)F. The molecule has 0 aliphatic carbocycles. The van der Waals surface area contributed by atoms with Gasteiger partial charge in [-0.05, 0) is 0 Å². The number of carboxylic acids is 1. The molecule has 0 fully saturated rings. The van der Waals surface area contributed by atoms with Crippen LogP contribution in [-0.2, 0) is 14.3 Å². The van der Waals surface area contributed by atoms with Gasteiger partial charge in [-0.1, -0.05) is 0 Å². The van der Waals surface area contributed by atoms with Crippen LogP contribution in [0.4, 0.5) is 110 Å². The Morgan fingerprint density at radius 3 is 0.955 bits per heavy atom. The molecule has 0 rings (SSSR count). The van der Waals surface area contributed by atoms with Crippen molar-refractivity contribution in [1.82, 2.24) is 0 Å². The van der Waals surface area contributed by atoms with Gasteiger partial charge >= 0.3 is 77.5 Å². The van der Waals surface area contributed by atoms with Gasteiger partial charge in [-0.25, -0.2) is 9.59 Å². The summed E-state index contributed by atoms with van der Waals surface area (Å²) in [7, 11) is 0. The summed E-state index contributed by atoms with van der Waals surface area (Å²) in [6, 6.07) is 0. The zero-order chi connectivity index (χ0) is 36.5. The van der Waals surface area contributed by atoms with E-state index in [2.05, 4.69) is 0 Å². The Balaban J connectivity index is 7.09. The number of hydrogen-bond acceptors (Lipinski definition) is 3. The average Bonchev–Trinajstić information content (AvgIpc) is 2.75. The van der Waals surface area contributed by atoms with Gasteiger partial charge in [0.1, 0.15) is 0 Å². The van der Waals surface area contributed by atoms with E-state index in [9.17, 15) is 119 Å². The van der Waals surface area contributed by atoms with Gasteiger partial charge in [0.2, 0.25) is 0 Å². The van der Waals surface area contributed by atoms with E-state index < -0.39 is 89.2 Å². The second kappa shape index (κ2) is 10.5. The van der Waals surface area contributed by atoms with Gasteiger partial charge in [-0.3, -0.25) is 0 Å². The molecule has 0 saturated heterocycles. The molecule has 260 valence electrons. The largest absolute Gasteiger partial charge is 0.478 e. The van der Waals surface area contributed by atoms with Crippen molar-refractivity contribution in [3.8, 4) is 0 Å². The predicted molar refractivity (Wildman–Crippen MR) is 78.5 cm³/mol. The van der Waals surface area contributed by atoms with E-state index in [4.69, 9.17) is 5.11 Å². The molecule has 4 nitrogen and oxygen atoms in total. The fraction of sp³-hybridized carbons (Fsp3) is 0.733. The molecule has 0 aliphatic heterocycles. The van der Waals surface area contributed by atoms with Crippen molar-refractivity contribution < 1.29 is 129 Å². The minimum atomic E-state index is -9.51. The van der Waals surface area contributed by atoms with Crippen molar-refractivity contribution in [2.24, 2.45) is 0 Å². The average molecular weight is 720 g/mol. The van der Waals surface area contributed by atoms with Gasteiger partial charge in [0.25, 0.3) is 6.08 Å². The number of rotatable bonds is 12. The first kappa shape index (κ1) is 40.9. The van der Waals surface area contributed by atoms with Crippen LogP contribution in [0.5, 0.6) is 0 Å². The van der Waals surface area contributed by atoms with Crippen molar-refractivity contribution in [3.63, 3.8) is 0 Å². The summed E-state index contributed by atoms with van der Waals surface area (Å²) in [5.41, 5.74) is -4.24. The summed E-state index contributed by atoms with van der Waals surface area (Å²) < 4.78 is 329. The highest BCUT2D eigenvalue weighted by Crippen LogP contribution is 2.65. The molecule has 0 aromatic heterocycles. The number of halogens is 25. The Morgan fingerprint density at radius 2 is 0.705 bits per heavy atom. The maximum atomic E-state index is 13.6. The number of hydrogen-bond donors (Lipinski definition) is 1. The topological polar surface area (TPSA) is 63.6 Å². The summed E-state index contributed by atoms with van der Waals surface area (Å²) in [5, 5.41) is 8.02.